The number of halogens is 3. The first-order valence-corrected chi connectivity index (χ1v) is 10.6. The minimum absolute atomic E-state index is 0. The van der Waals surface area contributed by atoms with Gasteiger partial charge in [0.25, 0.3) is 0 Å². The molecule has 0 aromatic heterocycles. The van der Waals surface area contributed by atoms with Crippen molar-refractivity contribution in [2.24, 2.45) is 11.5 Å². The quantitative estimate of drug-likeness (QED) is 0.282. The van der Waals surface area contributed by atoms with Crippen molar-refractivity contribution >= 4 is 85.8 Å². The minimum Gasteiger partial charge on any atom is -0.379 e. The molecular formula is C16H17BrCl2N4S3. The summed E-state index contributed by atoms with van der Waals surface area (Å²) in [7, 11) is 0. The van der Waals surface area contributed by atoms with Gasteiger partial charge in [-0.05, 0) is 47.5 Å². The van der Waals surface area contributed by atoms with Gasteiger partial charge in [-0.25, -0.2) is 0 Å². The Morgan fingerprint density at radius 3 is 1.54 bits per heavy atom. The molecule has 0 saturated carbocycles. The van der Waals surface area contributed by atoms with Crippen LogP contribution in [-0.2, 0) is 11.5 Å². The molecule has 0 aliphatic rings. The molecule has 0 bridgehead atoms. The third kappa shape index (κ3) is 7.62. The average molecular weight is 512 g/mol. The van der Waals surface area contributed by atoms with Crippen molar-refractivity contribution in [3.8, 4) is 0 Å². The number of hydrogen-bond acceptors (Lipinski definition) is 5. The molecular weight excluding hydrogens is 495 g/mol. The summed E-state index contributed by atoms with van der Waals surface area (Å²) < 4.78 is 0. The van der Waals surface area contributed by atoms with E-state index in [0.717, 1.165) is 20.9 Å². The van der Waals surface area contributed by atoms with E-state index in [1.807, 2.05) is 36.4 Å². The van der Waals surface area contributed by atoms with Gasteiger partial charge < -0.3 is 11.5 Å². The van der Waals surface area contributed by atoms with E-state index in [9.17, 15) is 0 Å². The summed E-state index contributed by atoms with van der Waals surface area (Å²) in [4.78, 5) is 2.07. The Morgan fingerprint density at radius 2 is 1.19 bits per heavy atom. The maximum absolute atomic E-state index is 7.39. The zero-order valence-electron chi connectivity index (χ0n) is 13.4. The molecule has 0 aliphatic heterocycles. The van der Waals surface area contributed by atoms with Crippen molar-refractivity contribution in [1.29, 1.82) is 10.8 Å². The van der Waals surface area contributed by atoms with Crippen LogP contribution in [0.25, 0.3) is 0 Å². The summed E-state index contributed by atoms with van der Waals surface area (Å²) in [5, 5.41) is 16.2. The van der Waals surface area contributed by atoms with E-state index >= 15 is 0 Å². The summed E-state index contributed by atoms with van der Waals surface area (Å²) in [5.41, 5.74) is 12.9. The summed E-state index contributed by atoms with van der Waals surface area (Å²) in [6.07, 6.45) is 0. The van der Waals surface area contributed by atoms with Crippen LogP contribution in [0.15, 0.2) is 46.2 Å². The third-order valence-corrected chi connectivity index (χ3v) is 6.27. The van der Waals surface area contributed by atoms with E-state index in [2.05, 4.69) is 0 Å². The molecule has 6 N–H and O–H groups in total. The molecule has 0 spiro atoms. The van der Waals surface area contributed by atoms with Crippen LogP contribution in [0.5, 0.6) is 0 Å². The Morgan fingerprint density at radius 1 is 0.808 bits per heavy atom. The van der Waals surface area contributed by atoms with Gasteiger partial charge in [0, 0.05) is 31.3 Å². The van der Waals surface area contributed by atoms with Crippen LogP contribution in [0.3, 0.4) is 0 Å². The lowest BCUT2D eigenvalue weighted by molar-refractivity contribution is 1.23. The molecule has 2 aromatic carbocycles. The van der Waals surface area contributed by atoms with Gasteiger partial charge in [-0.3, -0.25) is 10.8 Å². The molecule has 0 amide bonds. The smallest absolute Gasteiger partial charge is 0.151 e. The maximum atomic E-state index is 7.39. The van der Waals surface area contributed by atoms with Gasteiger partial charge in [-0.15, -0.1) is 17.0 Å². The monoisotopic (exact) mass is 510 g/mol. The van der Waals surface area contributed by atoms with Crippen molar-refractivity contribution in [1.82, 2.24) is 0 Å². The second kappa shape index (κ2) is 11.4. The molecule has 140 valence electrons. The molecule has 0 radical (unpaired) electrons. The fourth-order valence-corrected chi connectivity index (χ4v) is 4.66. The lowest BCUT2D eigenvalue weighted by Crippen LogP contribution is -2.04. The molecule has 26 heavy (non-hydrogen) atoms. The SMILES string of the molecule is Br.N=C(N)SCc1cc(Cl)ccc1Sc1ccc(Cl)cc1CSC(=N)N. The van der Waals surface area contributed by atoms with E-state index < -0.39 is 0 Å². The van der Waals surface area contributed by atoms with Gasteiger partial charge >= 0.3 is 0 Å². The Hall–Kier alpha value is -0.510. The van der Waals surface area contributed by atoms with Crippen LogP contribution in [0.4, 0.5) is 0 Å². The Kier molecular flexibility index (Phi) is 10.3. The van der Waals surface area contributed by atoms with Gasteiger partial charge in [0.2, 0.25) is 0 Å². The molecule has 0 fully saturated rings. The fraction of sp³-hybridized carbons (Fsp3) is 0.125. The predicted molar refractivity (Wildman–Crippen MR) is 124 cm³/mol. The van der Waals surface area contributed by atoms with E-state index in [-0.39, 0.29) is 27.3 Å². The maximum Gasteiger partial charge on any atom is 0.151 e. The number of hydrogen-bond donors (Lipinski definition) is 4. The first-order chi connectivity index (χ1) is 11.8. The second-order valence-corrected chi connectivity index (χ2v) is 8.90. The third-order valence-electron chi connectivity index (χ3n) is 3.03. The summed E-state index contributed by atoms with van der Waals surface area (Å²) >= 11 is 16.3. The number of rotatable bonds is 6. The Bertz CT molecular complexity index is 740. The van der Waals surface area contributed by atoms with Crippen LogP contribution in [-0.4, -0.2) is 10.3 Å². The molecule has 2 rings (SSSR count). The Labute approximate surface area is 185 Å². The summed E-state index contributed by atoms with van der Waals surface area (Å²) in [5.74, 6) is 1.15. The minimum atomic E-state index is 0. The summed E-state index contributed by atoms with van der Waals surface area (Å²) in [6, 6.07) is 11.4. The van der Waals surface area contributed by atoms with Gasteiger partial charge in [0.05, 0.1) is 0 Å². The number of nitrogens with one attached hydrogen (secondary N) is 2. The number of benzene rings is 2. The molecule has 0 saturated heterocycles. The van der Waals surface area contributed by atoms with Crippen molar-refractivity contribution in [3.63, 3.8) is 0 Å². The van der Waals surface area contributed by atoms with Gasteiger partial charge in [-0.2, -0.15) is 0 Å². The van der Waals surface area contributed by atoms with Crippen LogP contribution >= 0.6 is 75.5 Å². The van der Waals surface area contributed by atoms with Gasteiger partial charge in [-0.1, -0.05) is 58.5 Å². The number of thioether (sulfide) groups is 2. The van der Waals surface area contributed by atoms with Crippen molar-refractivity contribution < 1.29 is 0 Å². The highest BCUT2D eigenvalue weighted by Gasteiger charge is 2.11. The van der Waals surface area contributed by atoms with E-state index in [0.29, 0.717) is 21.6 Å². The molecule has 10 heteroatoms. The van der Waals surface area contributed by atoms with Crippen molar-refractivity contribution in [3.05, 3.63) is 57.6 Å². The first kappa shape index (κ1) is 23.5. The number of amidine groups is 2. The largest absolute Gasteiger partial charge is 0.379 e. The molecule has 0 unspecified atom stereocenters. The lowest BCUT2D eigenvalue weighted by atomic mass is 10.2. The second-order valence-electron chi connectivity index (χ2n) is 4.91. The van der Waals surface area contributed by atoms with Crippen LogP contribution in [0.1, 0.15) is 11.1 Å². The topological polar surface area (TPSA) is 99.7 Å². The zero-order valence-corrected chi connectivity index (χ0v) is 19.1. The highest BCUT2D eigenvalue weighted by atomic mass is 79.9. The number of nitrogens with two attached hydrogens (primary N) is 2. The van der Waals surface area contributed by atoms with Crippen LogP contribution < -0.4 is 11.5 Å². The Balaban J connectivity index is 0.00000338. The molecule has 4 nitrogen and oxygen atoms in total. The van der Waals surface area contributed by atoms with Gasteiger partial charge in [0.1, 0.15) is 0 Å². The highest BCUT2D eigenvalue weighted by Crippen LogP contribution is 2.37. The standard InChI is InChI=1S/C16H16Cl2N4S3.BrH/c17-11-1-3-13(9(5-11)7-23-15(19)20)25-14-4-2-12(18)6-10(14)8-24-16(21)22;/h1-6H,7-8H2,(H3,19,20)(H3,21,22);1H. The van der Waals surface area contributed by atoms with Crippen LogP contribution in [0, 0.1) is 10.8 Å². The summed E-state index contributed by atoms with van der Waals surface area (Å²) in [6.45, 7) is 0. The highest BCUT2D eigenvalue weighted by molar-refractivity contribution is 8.93. The van der Waals surface area contributed by atoms with Crippen molar-refractivity contribution in [2.75, 3.05) is 0 Å². The molecule has 0 atom stereocenters. The molecule has 0 heterocycles. The lowest BCUT2D eigenvalue weighted by Gasteiger charge is -2.13. The average Bonchev–Trinajstić information content (AvgIpc) is 2.54. The molecule has 0 aliphatic carbocycles. The van der Waals surface area contributed by atoms with Gasteiger partial charge in [0.15, 0.2) is 10.3 Å². The van der Waals surface area contributed by atoms with Crippen LogP contribution in [0.2, 0.25) is 10.0 Å². The zero-order chi connectivity index (χ0) is 18.4. The fourth-order valence-electron chi connectivity index (χ4n) is 1.95. The van der Waals surface area contributed by atoms with E-state index in [1.165, 1.54) is 23.5 Å². The van der Waals surface area contributed by atoms with Crippen molar-refractivity contribution in [2.45, 2.75) is 21.3 Å². The van der Waals surface area contributed by atoms with E-state index in [1.54, 1.807) is 11.8 Å². The van der Waals surface area contributed by atoms with E-state index in [4.69, 9.17) is 45.5 Å². The molecule has 2 aromatic rings. The normalized spacial score (nSPS) is 10.2. The predicted octanol–water partition coefficient (Wildman–Crippen LogP) is 5.98. The first-order valence-electron chi connectivity index (χ1n) is 7.03.